The van der Waals surface area contributed by atoms with E-state index in [1.54, 1.807) is 0 Å². The highest BCUT2D eigenvalue weighted by atomic mass is 79.9. The molecule has 2 aliphatic rings. The molecule has 2 atom stereocenters. The fourth-order valence-electron chi connectivity index (χ4n) is 2.99. The van der Waals surface area contributed by atoms with Crippen LogP contribution in [-0.4, -0.2) is 35.8 Å². The molecule has 3 rings (SSSR count). The minimum absolute atomic E-state index is 0.170. The minimum atomic E-state index is -0.850. The number of nitrogens with zero attached hydrogens (tertiary/aromatic N) is 1. The molecule has 1 aromatic carbocycles. The van der Waals surface area contributed by atoms with Crippen LogP contribution in [0.4, 0.5) is 4.79 Å². The number of rotatable bonds is 0. The van der Waals surface area contributed by atoms with Crippen molar-refractivity contribution < 1.29 is 14.6 Å². The van der Waals surface area contributed by atoms with Gasteiger partial charge in [-0.3, -0.25) is 0 Å². The van der Waals surface area contributed by atoms with Crippen LogP contribution in [0.3, 0.4) is 0 Å². The van der Waals surface area contributed by atoms with E-state index in [1.165, 1.54) is 4.90 Å². The van der Waals surface area contributed by atoms with Gasteiger partial charge in [-0.05, 0) is 40.4 Å². The maximum atomic E-state index is 11.1. The molecule has 0 saturated carbocycles. The number of carboxylic acid groups (broad SMARTS) is 1. The van der Waals surface area contributed by atoms with E-state index in [1.807, 2.05) is 12.1 Å². The van der Waals surface area contributed by atoms with Crippen LogP contribution >= 0.6 is 27.5 Å². The number of ether oxygens (including phenoxy) is 1. The van der Waals surface area contributed by atoms with Crippen molar-refractivity contribution in [2.24, 2.45) is 5.92 Å². The Kier molecular flexibility index (Phi) is 3.35. The van der Waals surface area contributed by atoms with Crippen molar-refractivity contribution in [2.45, 2.75) is 12.3 Å². The highest BCUT2D eigenvalue weighted by Crippen LogP contribution is 2.45. The summed E-state index contributed by atoms with van der Waals surface area (Å²) < 4.78 is 6.63. The molecular weight excluding hydrogens is 334 g/mol. The zero-order valence-electron chi connectivity index (χ0n) is 10.1. The summed E-state index contributed by atoms with van der Waals surface area (Å²) in [6.07, 6.45) is 0.0179. The second-order valence-corrected chi connectivity index (χ2v) is 6.29. The van der Waals surface area contributed by atoms with Crippen LogP contribution in [0, 0.1) is 5.92 Å². The van der Waals surface area contributed by atoms with E-state index < -0.39 is 6.09 Å². The first-order valence-corrected chi connectivity index (χ1v) is 7.33. The normalized spacial score (nSPS) is 25.3. The van der Waals surface area contributed by atoms with Gasteiger partial charge in [0.1, 0.15) is 5.75 Å². The molecule has 0 bridgehead atoms. The molecule has 0 aliphatic carbocycles. The average molecular weight is 347 g/mol. The van der Waals surface area contributed by atoms with Crippen LogP contribution in [0.1, 0.15) is 17.9 Å². The molecule has 2 unspecified atom stereocenters. The Hall–Kier alpha value is -0.940. The lowest BCUT2D eigenvalue weighted by Gasteiger charge is -2.17. The molecule has 2 heterocycles. The van der Waals surface area contributed by atoms with Gasteiger partial charge in [0, 0.05) is 29.6 Å². The lowest BCUT2D eigenvalue weighted by Crippen LogP contribution is -2.27. The summed E-state index contributed by atoms with van der Waals surface area (Å²) in [5.41, 5.74) is 1.02. The van der Waals surface area contributed by atoms with Crippen molar-refractivity contribution in [2.75, 3.05) is 19.7 Å². The van der Waals surface area contributed by atoms with Crippen molar-refractivity contribution >= 4 is 33.6 Å². The van der Waals surface area contributed by atoms with Crippen LogP contribution < -0.4 is 4.74 Å². The molecule has 2 aliphatic heterocycles. The van der Waals surface area contributed by atoms with Gasteiger partial charge in [-0.1, -0.05) is 11.6 Å². The van der Waals surface area contributed by atoms with Crippen molar-refractivity contribution in [3.8, 4) is 5.75 Å². The van der Waals surface area contributed by atoms with E-state index in [9.17, 15) is 4.79 Å². The van der Waals surface area contributed by atoms with Gasteiger partial charge in [-0.25, -0.2) is 4.79 Å². The number of hydrogen-bond donors (Lipinski definition) is 1. The van der Waals surface area contributed by atoms with E-state index in [0.717, 1.165) is 22.2 Å². The maximum Gasteiger partial charge on any atom is 0.407 e. The van der Waals surface area contributed by atoms with Crippen LogP contribution in [0.15, 0.2) is 16.6 Å². The lowest BCUT2D eigenvalue weighted by molar-refractivity contribution is 0.152. The van der Waals surface area contributed by atoms with Gasteiger partial charge in [0.05, 0.1) is 11.1 Å². The number of hydrogen-bond acceptors (Lipinski definition) is 2. The Morgan fingerprint density at radius 2 is 2.26 bits per heavy atom. The summed E-state index contributed by atoms with van der Waals surface area (Å²) in [5.74, 6) is 1.29. The number of amides is 1. The highest BCUT2D eigenvalue weighted by molar-refractivity contribution is 9.10. The average Bonchev–Trinajstić information content (AvgIpc) is 2.68. The van der Waals surface area contributed by atoms with Gasteiger partial charge in [-0.2, -0.15) is 0 Å². The molecule has 19 heavy (non-hydrogen) atoms. The molecule has 6 heteroatoms. The Morgan fingerprint density at radius 3 is 3.00 bits per heavy atom. The summed E-state index contributed by atoms with van der Waals surface area (Å²) in [6, 6.07) is 3.71. The molecule has 1 fully saturated rings. The van der Waals surface area contributed by atoms with Gasteiger partial charge < -0.3 is 14.7 Å². The van der Waals surface area contributed by atoms with Gasteiger partial charge >= 0.3 is 6.09 Å². The second-order valence-electron chi connectivity index (χ2n) is 5.00. The van der Waals surface area contributed by atoms with Crippen molar-refractivity contribution in [3.05, 3.63) is 27.2 Å². The van der Waals surface area contributed by atoms with Crippen LogP contribution in [0.25, 0.3) is 0 Å². The standard InChI is InChI=1S/C13H13BrClNO3/c14-11-4-8(15)3-9-10-6-16(13(17)18)5-7(10)1-2-19-12(9)11/h3-4,7,10H,1-2,5-6H2,(H,17,18). The van der Waals surface area contributed by atoms with Crippen molar-refractivity contribution in [1.82, 2.24) is 4.90 Å². The topological polar surface area (TPSA) is 49.8 Å². The molecule has 1 N–H and O–H groups in total. The molecule has 0 radical (unpaired) electrons. The Morgan fingerprint density at radius 1 is 1.47 bits per heavy atom. The summed E-state index contributed by atoms with van der Waals surface area (Å²) in [6.45, 7) is 1.71. The van der Waals surface area contributed by atoms with E-state index in [-0.39, 0.29) is 5.92 Å². The summed E-state index contributed by atoms with van der Waals surface area (Å²) in [4.78, 5) is 12.6. The SMILES string of the molecule is O=C(O)N1CC2CCOc3c(Br)cc(Cl)cc3C2C1. The molecule has 1 aromatic rings. The van der Waals surface area contributed by atoms with Gasteiger partial charge in [0.25, 0.3) is 0 Å². The number of fused-ring (bicyclic) bond motifs is 3. The Labute approximate surface area is 124 Å². The van der Waals surface area contributed by atoms with E-state index in [0.29, 0.717) is 30.6 Å². The zero-order valence-corrected chi connectivity index (χ0v) is 12.4. The molecular formula is C13H13BrClNO3. The molecule has 102 valence electrons. The molecule has 4 nitrogen and oxygen atoms in total. The fourth-order valence-corrected chi connectivity index (χ4v) is 3.94. The number of halogens is 2. The third kappa shape index (κ3) is 2.30. The minimum Gasteiger partial charge on any atom is -0.492 e. The first-order valence-electron chi connectivity index (χ1n) is 6.16. The maximum absolute atomic E-state index is 11.1. The van der Waals surface area contributed by atoms with Crippen LogP contribution in [-0.2, 0) is 0 Å². The van der Waals surface area contributed by atoms with E-state index >= 15 is 0 Å². The van der Waals surface area contributed by atoms with Gasteiger partial charge in [-0.15, -0.1) is 0 Å². The number of likely N-dealkylation sites (tertiary alicyclic amines) is 1. The van der Waals surface area contributed by atoms with Crippen LogP contribution in [0.5, 0.6) is 5.75 Å². The fraction of sp³-hybridized carbons (Fsp3) is 0.462. The third-order valence-electron chi connectivity index (χ3n) is 3.88. The summed E-state index contributed by atoms with van der Waals surface area (Å²) >= 11 is 9.58. The first-order chi connectivity index (χ1) is 9.06. The summed E-state index contributed by atoms with van der Waals surface area (Å²) in [5, 5.41) is 9.79. The van der Waals surface area contributed by atoms with Gasteiger partial charge in [0.15, 0.2) is 0 Å². The van der Waals surface area contributed by atoms with Crippen LogP contribution in [0.2, 0.25) is 5.02 Å². The Bertz CT molecular complexity index is 537. The lowest BCUT2D eigenvalue weighted by atomic mass is 9.87. The molecule has 1 saturated heterocycles. The predicted octanol–water partition coefficient (Wildman–Crippen LogP) is 3.58. The molecule has 0 spiro atoms. The molecule has 1 amide bonds. The first kappa shape index (κ1) is 13.1. The largest absolute Gasteiger partial charge is 0.492 e. The smallest absolute Gasteiger partial charge is 0.407 e. The Balaban J connectivity index is 2.03. The highest BCUT2D eigenvalue weighted by Gasteiger charge is 2.39. The predicted molar refractivity (Wildman–Crippen MR) is 75.1 cm³/mol. The number of carbonyl (C=O) groups is 1. The van der Waals surface area contributed by atoms with E-state index in [2.05, 4.69) is 15.9 Å². The molecule has 0 aromatic heterocycles. The zero-order chi connectivity index (χ0) is 13.6. The number of benzene rings is 1. The third-order valence-corrected chi connectivity index (χ3v) is 4.69. The summed E-state index contributed by atoms with van der Waals surface area (Å²) in [7, 11) is 0. The monoisotopic (exact) mass is 345 g/mol. The quantitative estimate of drug-likeness (QED) is 0.781. The van der Waals surface area contributed by atoms with E-state index in [4.69, 9.17) is 21.4 Å². The van der Waals surface area contributed by atoms with Gasteiger partial charge in [0.2, 0.25) is 0 Å². The van der Waals surface area contributed by atoms with Crippen molar-refractivity contribution in [1.29, 1.82) is 0 Å². The van der Waals surface area contributed by atoms with Crippen molar-refractivity contribution in [3.63, 3.8) is 0 Å². The second kappa shape index (κ2) is 4.87.